The number of aromatic nitrogens is 3. The van der Waals surface area contributed by atoms with Crippen molar-refractivity contribution in [1.29, 1.82) is 0 Å². The van der Waals surface area contributed by atoms with Crippen LogP contribution in [0.5, 0.6) is 0 Å². The van der Waals surface area contributed by atoms with E-state index in [-0.39, 0.29) is 23.2 Å². The molecule has 0 spiro atoms. The maximum Gasteiger partial charge on any atom is 0.412 e. The Balaban J connectivity index is 2.49. The number of halogens is 1. The average molecular weight is 392 g/mol. The van der Waals surface area contributed by atoms with Gasteiger partial charge in [0.2, 0.25) is 0 Å². The third-order valence-electron chi connectivity index (χ3n) is 3.55. The van der Waals surface area contributed by atoms with Gasteiger partial charge in [-0.1, -0.05) is 0 Å². The molecule has 0 radical (unpaired) electrons. The number of aryl methyl sites for hydroxylation is 1. The molecule has 2 aromatic rings. The van der Waals surface area contributed by atoms with Crippen molar-refractivity contribution in [3.63, 3.8) is 0 Å². The summed E-state index contributed by atoms with van der Waals surface area (Å²) >= 11 is 0. The normalized spacial score (nSPS) is 11.1. The minimum absolute atomic E-state index is 0.206. The van der Waals surface area contributed by atoms with Crippen molar-refractivity contribution in [2.45, 2.75) is 32.8 Å². The first kappa shape index (κ1) is 21.0. The van der Waals surface area contributed by atoms with Crippen molar-refractivity contribution in [3.05, 3.63) is 41.2 Å². The number of nitrogens with zero attached hydrogens (tertiary/aromatic N) is 3. The summed E-state index contributed by atoms with van der Waals surface area (Å²) in [5, 5.41) is 6.20. The van der Waals surface area contributed by atoms with Crippen molar-refractivity contribution >= 4 is 23.5 Å². The molecule has 28 heavy (non-hydrogen) atoms. The van der Waals surface area contributed by atoms with Gasteiger partial charge in [-0.3, -0.25) is 14.8 Å². The van der Waals surface area contributed by atoms with Crippen molar-refractivity contribution in [3.8, 4) is 0 Å². The van der Waals surface area contributed by atoms with E-state index in [2.05, 4.69) is 20.1 Å². The van der Waals surface area contributed by atoms with E-state index in [4.69, 9.17) is 4.74 Å². The van der Waals surface area contributed by atoms with Gasteiger partial charge in [0.05, 0.1) is 30.3 Å². The maximum atomic E-state index is 14.1. The van der Waals surface area contributed by atoms with Crippen LogP contribution in [0.25, 0.3) is 0 Å². The number of carbonyl (C=O) groups is 3. The number of esters is 1. The van der Waals surface area contributed by atoms with Crippen LogP contribution in [-0.2, 0) is 22.9 Å². The minimum Gasteiger partial charge on any atom is -0.465 e. The maximum absolute atomic E-state index is 14.1. The molecule has 0 aliphatic heterocycles. The van der Waals surface area contributed by atoms with Gasteiger partial charge in [-0.2, -0.15) is 5.10 Å². The Hall–Kier alpha value is -3.30. The number of benzene rings is 1. The zero-order chi connectivity index (χ0) is 21.1. The zero-order valence-electron chi connectivity index (χ0n) is 16.2. The number of amides is 1. The van der Waals surface area contributed by atoms with Gasteiger partial charge in [0.25, 0.3) is 0 Å². The van der Waals surface area contributed by atoms with Gasteiger partial charge >= 0.3 is 12.1 Å². The Morgan fingerprint density at radius 2 is 1.93 bits per heavy atom. The molecule has 1 amide bonds. The highest BCUT2D eigenvalue weighted by molar-refractivity contribution is 6.12. The fourth-order valence-electron chi connectivity index (χ4n) is 2.40. The summed E-state index contributed by atoms with van der Waals surface area (Å²) in [6.07, 6.45) is 0.144. The predicted molar refractivity (Wildman–Crippen MR) is 96.6 cm³/mol. The quantitative estimate of drug-likeness (QED) is 0.614. The van der Waals surface area contributed by atoms with Gasteiger partial charge in [0, 0.05) is 7.05 Å². The van der Waals surface area contributed by atoms with Crippen molar-refractivity contribution in [2.75, 3.05) is 12.4 Å². The van der Waals surface area contributed by atoms with Crippen LogP contribution >= 0.6 is 0 Å². The number of anilines is 1. The standard InChI is InChI=1S/C18H21FN4O5/c1-18(2,3)28-17(26)22-12-7-10(19)6-11(16(25)27-5)15(12)13(24)8-14-20-9-21-23(14)4/h6-7,9H,8H2,1-5H3,(H,22,26). The molecule has 0 saturated heterocycles. The summed E-state index contributed by atoms with van der Waals surface area (Å²) in [7, 11) is 2.70. The van der Waals surface area contributed by atoms with E-state index in [9.17, 15) is 18.8 Å². The number of ether oxygens (including phenoxy) is 2. The molecule has 0 saturated carbocycles. The van der Waals surface area contributed by atoms with E-state index in [1.54, 1.807) is 27.8 Å². The SMILES string of the molecule is COC(=O)c1cc(F)cc(NC(=O)OC(C)(C)C)c1C(=O)Cc1ncnn1C. The smallest absolute Gasteiger partial charge is 0.412 e. The van der Waals surface area contributed by atoms with Crippen LogP contribution < -0.4 is 5.32 Å². The number of hydrogen-bond acceptors (Lipinski definition) is 7. The van der Waals surface area contributed by atoms with Crippen LogP contribution in [-0.4, -0.2) is 45.3 Å². The van der Waals surface area contributed by atoms with Gasteiger partial charge in [0.15, 0.2) is 5.78 Å². The lowest BCUT2D eigenvalue weighted by Gasteiger charge is -2.21. The van der Waals surface area contributed by atoms with E-state index >= 15 is 0 Å². The molecule has 1 aromatic carbocycles. The second-order valence-corrected chi connectivity index (χ2v) is 6.89. The van der Waals surface area contributed by atoms with E-state index in [0.29, 0.717) is 5.82 Å². The number of nitrogens with one attached hydrogen (secondary N) is 1. The van der Waals surface area contributed by atoms with Gasteiger partial charge in [-0.15, -0.1) is 0 Å². The lowest BCUT2D eigenvalue weighted by atomic mass is 9.98. The van der Waals surface area contributed by atoms with Crippen molar-refractivity contribution < 1.29 is 28.2 Å². The van der Waals surface area contributed by atoms with Crippen LogP contribution in [0.4, 0.5) is 14.9 Å². The molecule has 9 nitrogen and oxygen atoms in total. The lowest BCUT2D eigenvalue weighted by molar-refractivity contribution is 0.0592. The van der Waals surface area contributed by atoms with Crippen molar-refractivity contribution in [1.82, 2.24) is 14.8 Å². The Morgan fingerprint density at radius 1 is 1.25 bits per heavy atom. The predicted octanol–water partition coefficient (Wildman–Crippen LogP) is 2.51. The van der Waals surface area contributed by atoms with Gasteiger partial charge in [0.1, 0.15) is 23.6 Å². The first-order chi connectivity index (χ1) is 13.0. The summed E-state index contributed by atoms with van der Waals surface area (Å²) in [5.41, 5.74) is -1.55. The fraction of sp³-hybridized carbons (Fsp3) is 0.389. The monoisotopic (exact) mass is 392 g/mol. The first-order valence-electron chi connectivity index (χ1n) is 8.29. The highest BCUT2D eigenvalue weighted by atomic mass is 19.1. The molecular formula is C18H21FN4O5. The molecular weight excluding hydrogens is 371 g/mol. The molecule has 1 aromatic heterocycles. The molecule has 0 fully saturated rings. The Kier molecular flexibility index (Phi) is 6.12. The highest BCUT2D eigenvalue weighted by Crippen LogP contribution is 2.25. The Morgan fingerprint density at radius 3 is 2.46 bits per heavy atom. The number of methoxy groups -OCH3 is 1. The third-order valence-corrected chi connectivity index (χ3v) is 3.55. The summed E-state index contributed by atoms with van der Waals surface area (Å²) in [6.45, 7) is 4.95. The second kappa shape index (κ2) is 8.15. The average Bonchev–Trinajstić information content (AvgIpc) is 2.96. The largest absolute Gasteiger partial charge is 0.465 e. The Labute approximate surface area is 160 Å². The number of rotatable bonds is 5. The molecule has 1 N–H and O–H groups in total. The molecule has 2 rings (SSSR count). The van der Waals surface area contributed by atoms with E-state index < -0.39 is 29.3 Å². The number of hydrogen-bond donors (Lipinski definition) is 1. The number of Topliss-reactive ketones (excluding diaryl/α,β-unsaturated/α-hetero) is 1. The van der Waals surface area contributed by atoms with Crippen LogP contribution in [0.2, 0.25) is 0 Å². The van der Waals surface area contributed by atoms with E-state index in [1.807, 2.05) is 0 Å². The molecule has 150 valence electrons. The van der Waals surface area contributed by atoms with Crippen LogP contribution in [0.3, 0.4) is 0 Å². The molecule has 0 unspecified atom stereocenters. The van der Waals surface area contributed by atoms with Gasteiger partial charge in [-0.25, -0.2) is 19.0 Å². The molecule has 10 heteroatoms. The zero-order valence-corrected chi connectivity index (χ0v) is 16.2. The molecule has 0 atom stereocenters. The second-order valence-electron chi connectivity index (χ2n) is 6.89. The summed E-state index contributed by atoms with van der Waals surface area (Å²) < 4.78 is 25.2. The van der Waals surface area contributed by atoms with Crippen LogP contribution in [0, 0.1) is 5.82 Å². The molecule has 1 heterocycles. The number of ketones is 1. The van der Waals surface area contributed by atoms with Crippen LogP contribution in [0.15, 0.2) is 18.5 Å². The fourth-order valence-corrected chi connectivity index (χ4v) is 2.40. The Bertz CT molecular complexity index is 917. The first-order valence-corrected chi connectivity index (χ1v) is 8.29. The summed E-state index contributed by atoms with van der Waals surface area (Å²) in [6, 6.07) is 1.80. The third kappa shape index (κ3) is 5.12. The van der Waals surface area contributed by atoms with Gasteiger partial charge < -0.3 is 9.47 Å². The van der Waals surface area contributed by atoms with E-state index in [0.717, 1.165) is 19.2 Å². The molecule has 0 bridgehead atoms. The van der Waals surface area contributed by atoms with Crippen LogP contribution in [0.1, 0.15) is 47.3 Å². The summed E-state index contributed by atoms with van der Waals surface area (Å²) in [4.78, 5) is 41.1. The number of carbonyl (C=O) groups excluding carboxylic acids is 3. The molecule has 0 aliphatic carbocycles. The van der Waals surface area contributed by atoms with E-state index in [1.165, 1.54) is 11.0 Å². The minimum atomic E-state index is -0.923. The molecule has 0 aliphatic rings. The topological polar surface area (TPSA) is 112 Å². The summed E-state index contributed by atoms with van der Waals surface area (Å²) in [5.74, 6) is -2.01. The van der Waals surface area contributed by atoms with Gasteiger partial charge in [-0.05, 0) is 32.9 Å². The van der Waals surface area contributed by atoms with Crippen molar-refractivity contribution in [2.24, 2.45) is 7.05 Å². The lowest BCUT2D eigenvalue weighted by Crippen LogP contribution is -2.28. The highest BCUT2D eigenvalue weighted by Gasteiger charge is 2.26.